The molecule has 2 fully saturated rings. The largest absolute Gasteiger partial charge is 0.350 e. The predicted octanol–water partition coefficient (Wildman–Crippen LogP) is 4.91. The van der Waals surface area contributed by atoms with Gasteiger partial charge in [0, 0.05) is 36.1 Å². The number of amides is 1. The van der Waals surface area contributed by atoms with E-state index in [9.17, 15) is 4.79 Å². The molecule has 1 saturated carbocycles. The van der Waals surface area contributed by atoms with Crippen LogP contribution in [0, 0.1) is 5.92 Å². The lowest BCUT2D eigenvalue weighted by molar-refractivity contribution is -0.117. The molecule has 1 aliphatic heterocycles. The maximum atomic E-state index is 12.2. The van der Waals surface area contributed by atoms with E-state index >= 15 is 0 Å². The van der Waals surface area contributed by atoms with Crippen LogP contribution < -0.4 is 5.32 Å². The van der Waals surface area contributed by atoms with Gasteiger partial charge in [-0.1, -0.05) is 29.8 Å². The van der Waals surface area contributed by atoms with Crippen LogP contribution in [0.1, 0.15) is 49.1 Å². The van der Waals surface area contributed by atoms with E-state index in [0.29, 0.717) is 17.9 Å². The van der Waals surface area contributed by atoms with Crippen molar-refractivity contribution in [2.45, 2.75) is 44.1 Å². The molecule has 5 heteroatoms. The van der Waals surface area contributed by atoms with E-state index in [1.165, 1.54) is 24.8 Å². The highest BCUT2D eigenvalue weighted by Gasteiger charge is 2.28. The number of nitrogens with one attached hydrogen (secondary N) is 1. The average molecular weight is 424 g/mol. The summed E-state index contributed by atoms with van der Waals surface area (Å²) in [6, 6.07) is 12.5. The lowest BCUT2D eigenvalue weighted by Gasteiger charge is -2.33. The van der Waals surface area contributed by atoms with Gasteiger partial charge in [0.25, 0.3) is 0 Å². The molecule has 0 bridgehead atoms. The summed E-state index contributed by atoms with van der Waals surface area (Å²) >= 11 is 6.02. The molecule has 1 aliphatic carbocycles. The molecule has 2 heterocycles. The number of hydrogen-bond acceptors (Lipinski definition) is 3. The Morgan fingerprint density at radius 2 is 1.93 bits per heavy atom. The van der Waals surface area contributed by atoms with Crippen LogP contribution in [0.25, 0.3) is 6.08 Å². The van der Waals surface area contributed by atoms with Crippen LogP contribution in [0.5, 0.6) is 0 Å². The Kier molecular flexibility index (Phi) is 7.19. The van der Waals surface area contributed by atoms with Crippen LogP contribution in [0.15, 0.2) is 54.9 Å². The molecule has 2 aliphatic rings. The molecule has 0 unspecified atom stereocenters. The van der Waals surface area contributed by atoms with E-state index < -0.39 is 0 Å². The van der Waals surface area contributed by atoms with Gasteiger partial charge in [-0.25, -0.2) is 0 Å². The Morgan fingerprint density at radius 1 is 1.13 bits per heavy atom. The van der Waals surface area contributed by atoms with Crippen molar-refractivity contribution in [2.24, 2.45) is 5.92 Å². The van der Waals surface area contributed by atoms with Gasteiger partial charge in [-0.3, -0.25) is 9.78 Å². The lowest BCUT2D eigenvalue weighted by Crippen LogP contribution is -2.37. The second-order valence-corrected chi connectivity index (χ2v) is 9.07. The number of rotatable bonds is 6. The number of aromatic nitrogens is 1. The number of pyridine rings is 1. The van der Waals surface area contributed by atoms with Gasteiger partial charge in [-0.2, -0.15) is 0 Å². The van der Waals surface area contributed by atoms with Gasteiger partial charge in [-0.05, 0) is 92.4 Å². The van der Waals surface area contributed by atoms with Crippen molar-refractivity contribution in [2.75, 3.05) is 19.6 Å². The van der Waals surface area contributed by atoms with E-state index in [1.54, 1.807) is 18.5 Å². The van der Waals surface area contributed by atoms with Crippen LogP contribution in [0.2, 0.25) is 5.02 Å². The molecule has 0 radical (unpaired) electrons. The van der Waals surface area contributed by atoms with E-state index in [2.05, 4.69) is 27.3 Å². The second-order valence-electron chi connectivity index (χ2n) is 8.63. The highest BCUT2D eigenvalue weighted by molar-refractivity contribution is 6.30. The Labute approximate surface area is 184 Å². The third-order valence-electron chi connectivity index (χ3n) is 6.44. The van der Waals surface area contributed by atoms with Gasteiger partial charge in [0.15, 0.2) is 0 Å². The fraction of sp³-hybridized carbons (Fsp3) is 0.440. The first-order valence-electron chi connectivity index (χ1n) is 11.0. The summed E-state index contributed by atoms with van der Waals surface area (Å²) in [4.78, 5) is 18.9. The minimum Gasteiger partial charge on any atom is -0.350 e. The topological polar surface area (TPSA) is 45.2 Å². The van der Waals surface area contributed by atoms with Gasteiger partial charge in [0.05, 0.1) is 0 Å². The zero-order valence-electron chi connectivity index (χ0n) is 17.3. The molecular formula is C25H30ClN3O. The molecule has 30 heavy (non-hydrogen) atoms. The second kappa shape index (κ2) is 10.2. The molecule has 0 spiro atoms. The molecule has 158 valence electrons. The average Bonchev–Trinajstić information content (AvgIpc) is 3.21. The van der Waals surface area contributed by atoms with Gasteiger partial charge >= 0.3 is 0 Å². The van der Waals surface area contributed by atoms with Crippen molar-refractivity contribution in [3.8, 4) is 0 Å². The fourth-order valence-electron chi connectivity index (χ4n) is 4.82. The summed E-state index contributed by atoms with van der Waals surface area (Å²) in [6.45, 7) is 3.48. The molecule has 1 aromatic heterocycles. The fourth-order valence-corrected chi connectivity index (χ4v) is 4.94. The van der Waals surface area contributed by atoms with E-state index in [0.717, 1.165) is 43.1 Å². The lowest BCUT2D eigenvalue weighted by atomic mass is 9.89. The predicted molar refractivity (Wildman–Crippen MR) is 122 cm³/mol. The zero-order valence-corrected chi connectivity index (χ0v) is 18.1. The Bertz CT molecular complexity index is 844. The summed E-state index contributed by atoms with van der Waals surface area (Å²) in [5.41, 5.74) is 2.36. The minimum absolute atomic E-state index is 0.00622. The van der Waals surface area contributed by atoms with Crippen molar-refractivity contribution in [1.82, 2.24) is 15.2 Å². The maximum absolute atomic E-state index is 12.2. The third-order valence-corrected chi connectivity index (χ3v) is 6.70. The molecule has 1 amide bonds. The number of halogens is 1. The molecule has 1 N–H and O–H groups in total. The van der Waals surface area contributed by atoms with E-state index in [-0.39, 0.29) is 5.91 Å². The van der Waals surface area contributed by atoms with Crippen LogP contribution >= 0.6 is 11.6 Å². The number of piperidine rings is 1. The maximum Gasteiger partial charge on any atom is 0.244 e. The van der Waals surface area contributed by atoms with Crippen LogP contribution in [0.4, 0.5) is 0 Å². The molecule has 2 atom stereocenters. The number of nitrogens with zero attached hydrogens (tertiary/aromatic N) is 2. The molecular weight excluding hydrogens is 394 g/mol. The van der Waals surface area contributed by atoms with Crippen molar-refractivity contribution >= 4 is 23.6 Å². The summed E-state index contributed by atoms with van der Waals surface area (Å²) in [5, 5.41) is 3.99. The summed E-state index contributed by atoms with van der Waals surface area (Å²) in [5.74, 6) is 1.33. The summed E-state index contributed by atoms with van der Waals surface area (Å²) in [6.07, 6.45) is 12.7. The third kappa shape index (κ3) is 5.93. The normalized spacial score (nSPS) is 23.1. The quantitative estimate of drug-likeness (QED) is 0.671. The zero-order chi connectivity index (χ0) is 20.8. The van der Waals surface area contributed by atoms with Gasteiger partial charge in [0.1, 0.15) is 0 Å². The van der Waals surface area contributed by atoms with Crippen molar-refractivity contribution in [1.29, 1.82) is 0 Å². The molecule has 4 rings (SSSR count). The van der Waals surface area contributed by atoms with Gasteiger partial charge in [0.2, 0.25) is 5.91 Å². The summed E-state index contributed by atoms with van der Waals surface area (Å²) < 4.78 is 0. The number of likely N-dealkylation sites (tertiary alicyclic amines) is 1. The van der Waals surface area contributed by atoms with E-state index in [1.807, 2.05) is 30.3 Å². The standard InChI is InChI=1S/C25H30ClN3O/c26-23-7-5-21(6-8-23)22-11-14-29(15-12-22)18-20-3-9-24(16-20)28-25(30)10-4-19-2-1-13-27-17-19/h1-2,4-8,10,13,17,20,22,24H,3,9,11-12,14-16,18H2,(H,28,30)/b10-4+/t20-,24+/m0/s1. The first-order valence-corrected chi connectivity index (χ1v) is 11.4. The monoisotopic (exact) mass is 423 g/mol. The Morgan fingerprint density at radius 3 is 2.67 bits per heavy atom. The Balaban J connectivity index is 1.18. The number of hydrogen-bond donors (Lipinski definition) is 1. The van der Waals surface area contributed by atoms with Crippen molar-refractivity contribution < 1.29 is 4.79 Å². The summed E-state index contributed by atoms with van der Waals surface area (Å²) in [7, 11) is 0. The van der Waals surface area contributed by atoms with Crippen LogP contribution in [-0.4, -0.2) is 41.5 Å². The molecule has 1 saturated heterocycles. The molecule has 4 nitrogen and oxygen atoms in total. The first-order chi connectivity index (χ1) is 14.7. The highest BCUT2D eigenvalue weighted by Crippen LogP contribution is 2.31. The van der Waals surface area contributed by atoms with Crippen LogP contribution in [0.3, 0.4) is 0 Å². The van der Waals surface area contributed by atoms with Crippen molar-refractivity contribution in [3.05, 3.63) is 71.0 Å². The first kappa shape index (κ1) is 21.1. The highest BCUT2D eigenvalue weighted by atomic mass is 35.5. The van der Waals surface area contributed by atoms with Gasteiger partial charge in [-0.15, -0.1) is 0 Å². The van der Waals surface area contributed by atoms with Crippen molar-refractivity contribution in [3.63, 3.8) is 0 Å². The number of carbonyl (C=O) groups is 1. The Hall–Kier alpha value is -2.17. The number of carbonyl (C=O) groups excluding carboxylic acids is 1. The molecule has 2 aromatic rings. The minimum atomic E-state index is -0.00622. The molecule has 1 aromatic carbocycles. The smallest absolute Gasteiger partial charge is 0.244 e. The number of benzene rings is 1. The van der Waals surface area contributed by atoms with Crippen LogP contribution in [-0.2, 0) is 4.79 Å². The van der Waals surface area contributed by atoms with Gasteiger partial charge < -0.3 is 10.2 Å². The van der Waals surface area contributed by atoms with E-state index in [4.69, 9.17) is 11.6 Å². The SMILES string of the molecule is O=C(/C=C/c1cccnc1)N[C@@H]1CC[C@H](CN2CCC(c3ccc(Cl)cc3)CC2)C1.